The number of rotatable bonds is 5. The van der Waals surface area contributed by atoms with E-state index in [1.165, 1.54) is 11.3 Å². The van der Waals surface area contributed by atoms with E-state index in [1.807, 2.05) is 54.6 Å². The van der Waals surface area contributed by atoms with E-state index in [0.717, 1.165) is 27.0 Å². The van der Waals surface area contributed by atoms with Gasteiger partial charge in [-0.2, -0.15) is 9.61 Å². The summed E-state index contributed by atoms with van der Waals surface area (Å²) in [5.41, 5.74) is 1.06. The van der Waals surface area contributed by atoms with Crippen molar-refractivity contribution in [3.05, 3.63) is 60.4 Å². The minimum Gasteiger partial charge on any atom is -0.497 e. The van der Waals surface area contributed by atoms with Gasteiger partial charge >= 0.3 is 0 Å². The van der Waals surface area contributed by atoms with Crippen LogP contribution in [0.5, 0.6) is 11.5 Å². The summed E-state index contributed by atoms with van der Waals surface area (Å²) < 4.78 is 12.6. The molecule has 0 amide bonds. The van der Waals surface area contributed by atoms with E-state index in [9.17, 15) is 0 Å². The van der Waals surface area contributed by atoms with Gasteiger partial charge in [0.05, 0.1) is 7.11 Å². The quantitative estimate of drug-likeness (QED) is 0.558. The van der Waals surface area contributed by atoms with Crippen molar-refractivity contribution in [2.45, 2.75) is 6.61 Å². The van der Waals surface area contributed by atoms with Gasteiger partial charge in [0.2, 0.25) is 4.96 Å². The zero-order chi connectivity index (χ0) is 16.4. The Kier molecular flexibility index (Phi) is 3.84. The second kappa shape index (κ2) is 6.29. The molecule has 6 nitrogen and oxygen atoms in total. The molecule has 120 valence electrons. The molecule has 0 unspecified atom stereocenters. The maximum atomic E-state index is 5.76. The van der Waals surface area contributed by atoms with Crippen LogP contribution in [0.1, 0.15) is 5.82 Å². The monoisotopic (exact) mass is 338 g/mol. The first kappa shape index (κ1) is 14.6. The van der Waals surface area contributed by atoms with Gasteiger partial charge in [0, 0.05) is 5.56 Å². The molecule has 2 aromatic heterocycles. The van der Waals surface area contributed by atoms with Crippen LogP contribution in [-0.4, -0.2) is 26.9 Å². The minimum absolute atomic E-state index is 0.297. The highest BCUT2D eigenvalue weighted by atomic mass is 32.1. The van der Waals surface area contributed by atoms with Crippen LogP contribution in [0.4, 0.5) is 0 Å². The van der Waals surface area contributed by atoms with E-state index in [-0.39, 0.29) is 0 Å². The van der Waals surface area contributed by atoms with Crippen LogP contribution in [-0.2, 0) is 6.61 Å². The Morgan fingerprint density at radius 2 is 1.71 bits per heavy atom. The normalized spacial score (nSPS) is 10.9. The summed E-state index contributed by atoms with van der Waals surface area (Å²) in [4.78, 5) is 0.752. The first-order valence-corrected chi connectivity index (χ1v) is 8.18. The molecule has 0 atom stereocenters. The van der Waals surface area contributed by atoms with E-state index in [4.69, 9.17) is 9.47 Å². The number of nitrogens with zero attached hydrogens (tertiary/aromatic N) is 4. The van der Waals surface area contributed by atoms with Crippen molar-refractivity contribution in [1.29, 1.82) is 0 Å². The summed E-state index contributed by atoms with van der Waals surface area (Å²) in [6.07, 6.45) is 0. The fraction of sp³-hybridized carbons (Fsp3) is 0.118. The molecule has 2 aromatic carbocycles. The third kappa shape index (κ3) is 2.81. The van der Waals surface area contributed by atoms with Gasteiger partial charge in [-0.25, -0.2) is 0 Å². The molecule has 0 radical (unpaired) electrons. The van der Waals surface area contributed by atoms with Gasteiger partial charge < -0.3 is 9.47 Å². The molecule has 0 saturated carbocycles. The molecule has 0 aliphatic carbocycles. The average Bonchev–Trinajstić information content (AvgIpc) is 3.22. The van der Waals surface area contributed by atoms with Gasteiger partial charge in [0.25, 0.3) is 0 Å². The fourth-order valence-corrected chi connectivity index (χ4v) is 3.13. The number of hydrogen-bond donors (Lipinski definition) is 0. The second-order valence-electron chi connectivity index (χ2n) is 5.05. The highest BCUT2D eigenvalue weighted by Crippen LogP contribution is 2.25. The smallest absolute Gasteiger partial charge is 0.235 e. The highest BCUT2D eigenvalue weighted by Gasteiger charge is 2.13. The van der Waals surface area contributed by atoms with Crippen molar-refractivity contribution in [1.82, 2.24) is 19.8 Å². The average molecular weight is 338 g/mol. The highest BCUT2D eigenvalue weighted by molar-refractivity contribution is 7.19. The van der Waals surface area contributed by atoms with Crippen molar-refractivity contribution in [2.24, 2.45) is 0 Å². The van der Waals surface area contributed by atoms with Crippen LogP contribution >= 0.6 is 11.3 Å². The molecule has 0 fully saturated rings. The van der Waals surface area contributed by atoms with Crippen molar-refractivity contribution in [2.75, 3.05) is 7.11 Å². The number of benzene rings is 2. The fourth-order valence-electron chi connectivity index (χ4n) is 2.26. The maximum Gasteiger partial charge on any atom is 0.235 e. The zero-order valence-corrected chi connectivity index (χ0v) is 13.7. The Morgan fingerprint density at radius 3 is 2.46 bits per heavy atom. The summed E-state index contributed by atoms with van der Waals surface area (Å²) in [6.45, 7) is 0.297. The Morgan fingerprint density at radius 1 is 0.958 bits per heavy atom. The van der Waals surface area contributed by atoms with E-state index in [0.29, 0.717) is 12.4 Å². The van der Waals surface area contributed by atoms with Crippen molar-refractivity contribution in [3.8, 4) is 22.1 Å². The lowest BCUT2D eigenvalue weighted by Crippen LogP contribution is -2.02. The lowest BCUT2D eigenvalue weighted by Gasteiger charge is -2.05. The van der Waals surface area contributed by atoms with Crippen molar-refractivity contribution < 1.29 is 9.47 Å². The predicted molar refractivity (Wildman–Crippen MR) is 91.4 cm³/mol. The van der Waals surface area contributed by atoms with Gasteiger partial charge in [-0.3, -0.25) is 0 Å². The zero-order valence-electron chi connectivity index (χ0n) is 12.9. The number of aromatic nitrogens is 4. The molecule has 24 heavy (non-hydrogen) atoms. The topological polar surface area (TPSA) is 61.5 Å². The van der Waals surface area contributed by atoms with Crippen LogP contribution in [0.25, 0.3) is 15.5 Å². The van der Waals surface area contributed by atoms with Crippen LogP contribution in [0, 0.1) is 0 Å². The summed E-state index contributed by atoms with van der Waals surface area (Å²) in [6, 6.07) is 17.4. The van der Waals surface area contributed by atoms with E-state index in [1.54, 1.807) is 11.6 Å². The Labute approximate surface area is 142 Å². The first-order chi connectivity index (χ1) is 11.8. The number of ether oxygens (including phenoxy) is 2. The van der Waals surface area contributed by atoms with Gasteiger partial charge in [-0.1, -0.05) is 41.7 Å². The molecule has 0 saturated heterocycles. The third-order valence-corrected chi connectivity index (χ3v) is 4.45. The lowest BCUT2D eigenvalue weighted by molar-refractivity contribution is 0.292. The molecule has 4 rings (SSSR count). The second-order valence-corrected chi connectivity index (χ2v) is 6.00. The minimum atomic E-state index is 0.297. The molecule has 0 aliphatic heterocycles. The predicted octanol–water partition coefficient (Wildman–Crippen LogP) is 3.44. The molecule has 4 aromatic rings. The van der Waals surface area contributed by atoms with E-state index in [2.05, 4.69) is 15.3 Å². The summed E-state index contributed by atoms with van der Waals surface area (Å²) in [7, 11) is 1.63. The molecular weight excluding hydrogens is 324 g/mol. The van der Waals surface area contributed by atoms with Gasteiger partial charge in [0.15, 0.2) is 5.82 Å². The van der Waals surface area contributed by atoms with Crippen molar-refractivity contribution in [3.63, 3.8) is 0 Å². The maximum absolute atomic E-state index is 5.76. The molecule has 2 heterocycles. The first-order valence-electron chi connectivity index (χ1n) is 7.37. The lowest BCUT2D eigenvalue weighted by atomic mass is 10.2. The number of fused-ring (bicyclic) bond motifs is 1. The number of methoxy groups -OCH3 is 1. The Bertz CT molecular complexity index is 948. The molecule has 7 heteroatoms. The van der Waals surface area contributed by atoms with E-state index < -0.39 is 0 Å². The summed E-state index contributed by atoms with van der Waals surface area (Å²) >= 11 is 1.50. The van der Waals surface area contributed by atoms with Crippen LogP contribution in [0.15, 0.2) is 54.6 Å². The van der Waals surface area contributed by atoms with Crippen molar-refractivity contribution >= 4 is 16.3 Å². The van der Waals surface area contributed by atoms with Crippen LogP contribution < -0.4 is 9.47 Å². The Hall–Kier alpha value is -2.93. The summed E-state index contributed by atoms with van der Waals surface area (Å²) in [5, 5.41) is 13.8. The van der Waals surface area contributed by atoms with Gasteiger partial charge in [-0.05, 0) is 24.3 Å². The SMILES string of the molecule is COc1ccc(OCc2nnc3sc(-c4ccccc4)nn23)cc1. The van der Waals surface area contributed by atoms with E-state index >= 15 is 0 Å². The largest absolute Gasteiger partial charge is 0.497 e. The molecule has 0 bridgehead atoms. The Balaban J connectivity index is 1.55. The molecule has 0 aliphatic rings. The van der Waals surface area contributed by atoms with Gasteiger partial charge in [-0.15, -0.1) is 10.2 Å². The molecule has 0 N–H and O–H groups in total. The number of hydrogen-bond acceptors (Lipinski definition) is 6. The molecule has 0 spiro atoms. The standard InChI is InChI=1S/C17H14N4O2S/c1-22-13-7-9-14(10-8-13)23-11-15-18-19-17-21(15)20-16(24-17)12-5-3-2-4-6-12/h2-10H,11H2,1H3. The summed E-state index contributed by atoms with van der Waals surface area (Å²) in [5.74, 6) is 2.20. The van der Waals surface area contributed by atoms with Crippen LogP contribution in [0.2, 0.25) is 0 Å². The van der Waals surface area contributed by atoms with Crippen LogP contribution in [0.3, 0.4) is 0 Å². The van der Waals surface area contributed by atoms with Gasteiger partial charge in [0.1, 0.15) is 23.1 Å². The third-order valence-electron chi connectivity index (χ3n) is 3.50. The molecular formula is C17H14N4O2S.